The summed E-state index contributed by atoms with van der Waals surface area (Å²) in [5.74, 6) is 2.61. The molecule has 4 heterocycles. The summed E-state index contributed by atoms with van der Waals surface area (Å²) >= 11 is 0. The molecule has 1 fully saturated rings. The van der Waals surface area contributed by atoms with Crippen LogP contribution in [0.3, 0.4) is 0 Å². The number of likely N-dealkylation sites (N-methyl/N-ethyl adjacent to an activating group) is 1. The Morgan fingerprint density at radius 2 is 1.92 bits per heavy atom. The molecule has 4 rings (SSSR count). The third kappa shape index (κ3) is 7.29. The van der Waals surface area contributed by atoms with Gasteiger partial charge in [-0.15, -0.1) is 0 Å². The summed E-state index contributed by atoms with van der Waals surface area (Å²) in [6.07, 6.45) is 1.75. The first-order valence-electron chi connectivity index (χ1n) is 12.5. The third-order valence-electron chi connectivity index (χ3n) is 6.04. The lowest BCUT2D eigenvalue weighted by Gasteiger charge is -2.35. The lowest BCUT2D eigenvalue weighted by molar-refractivity contribution is 0.191. The second kappa shape index (κ2) is 11.9. The largest absolute Gasteiger partial charge is 0.476 e. The number of carbonyl (C=O) groups excluding carboxylic acids is 1. The van der Waals surface area contributed by atoms with E-state index < -0.39 is 0 Å². The quantitative estimate of drug-likeness (QED) is 0.399. The number of aryl methyl sites for hydroxylation is 2. The molecule has 3 aromatic heterocycles. The molecule has 1 aliphatic rings. The van der Waals surface area contributed by atoms with Crippen LogP contribution >= 0.6 is 0 Å². The molecular formula is C25H36N10O2. The number of ether oxygens (including phenoxy) is 1. The van der Waals surface area contributed by atoms with Gasteiger partial charge in [0.1, 0.15) is 12.4 Å². The fourth-order valence-electron chi connectivity index (χ4n) is 3.91. The van der Waals surface area contributed by atoms with Crippen molar-refractivity contribution >= 4 is 23.6 Å². The molecule has 0 aromatic carbocycles. The molecule has 0 bridgehead atoms. The summed E-state index contributed by atoms with van der Waals surface area (Å²) in [5.41, 5.74) is 2.75. The van der Waals surface area contributed by atoms with Crippen LogP contribution in [0.15, 0.2) is 30.5 Å². The molecule has 12 heteroatoms. The molecule has 1 saturated heterocycles. The van der Waals surface area contributed by atoms with Crippen LogP contribution in [-0.4, -0.2) is 94.4 Å². The van der Waals surface area contributed by atoms with E-state index in [1.807, 2.05) is 64.0 Å². The molecule has 198 valence electrons. The highest BCUT2D eigenvalue weighted by atomic mass is 16.5. The maximum atomic E-state index is 12.9. The number of nitrogens with one attached hydrogen (secondary N) is 3. The number of amides is 2. The van der Waals surface area contributed by atoms with E-state index in [1.54, 1.807) is 6.20 Å². The Morgan fingerprint density at radius 1 is 1.14 bits per heavy atom. The standard InChI is InChI=1S/C25H36N10O2/c1-17-14-21(29-22-15-18(2)31-32-22)30-24(27-17)34-8-10-35(11-9-34)25(36)28-19(3)20-6-7-23(26-16-20)37-13-12-33(4)5/h6-7,14-16,19H,8-13H2,1-5H3,(H,28,36)(H2,27,29,30,31,32). The van der Waals surface area contributed by atoms with Crippen molar-refractivity contribution in [2.75, 3.05) is 63.6 Å². The van der Waals surface area contributed by atoms with Gasteiger partial charge in [0.15, 0.2) is 5.82 Å². The Kier molecular flexibility index (Phi) is 8.39. The lowest BCUT2D eigenvalue weighted by atomic mass is 10.1. The van der Waals surface area contributed by atoms with Crippen molar-refractivity contribution in [1.82, 2.24) is 40.3 Å². The van der Waals surface area contributed by atoms with E-state index in [2.05, 4.69) is 45.6 Å². The average Bonchev–Trinajstić information content (AvgIpc) is 3.28. The summed E-state index contributed by atoms with van der Waals surface area (Å²) in [5, 5.41) is 13.4. The summed E-state index contributed by atoms with van der Waals surface area (Å²) in [4.78, 5) is 32.5. The molecule has 2 amide bonds. The molecule has 3 N–H and O–H groups in total. The monoisotopic (exact) mass is 508 g/mol. The number of hydrogen-bond donors (Lipinski definition) is 3. The van der Waals surface area contributed by atoms with Gasteiger partial charge in [-0.05, 0) is 40.4 Å². The number of aromatic nitrogens is 5. The van der Waals surface area contributed by atoms with E-state index in [4.69, 9.17) is 4.74 Å². The topological polar surface area (TPSA) is 127 Å². The van der Waals surface area contributed by atoms with Crippen LogP contribution < -0.4 is 20.3 Å². The molecule has 12 nitrogen and oxygen atoms in total. The van der Waals surface area contributed by atoms with Crippen molar-refractivity contribution in [2.24, 2.45) is 0 Å². The Balaban J connectivity index is 1.27. The average molecular weight is 509 g/mol. The summed E-state index contributed by atoms with van der Waals surface area (Å²) in [6.45, 7) is 9.68. The Labute approximate surface area is 217 Å². The van der Waals surface area contributed by atoms with Crippen LogP contribution in [0.2, 0.25) is 0 Å². The molecular weight excluding hydrogens is 472 g/mol. The highest BCUT2D eigenvalue weighted by molar-refractivity contribution is 5.75. The number of carbonyl (C=O) groups is 1. The Bertz CT molecular complexity index is 1170. The van der Waals surface area contributed by atoms with Crippen molar-refractivity contribution in [1.29, 1.82) is 0 Å². The minimum Gasteiger partial charge on any atom is -0.476 e. The fraction of sp³-hybridized carbons (Fsp3) is 0.480. The number of piperazine rings is 1. The first-order valence-corrected chi connectivity index (χ1v) is 12.5. The maximum absolute atomic E-state index is 12.9. The van der Waals surface area contributed by atoms with Gasteiger partial charge in [-0.2, -0.15) is 10.1 Å². The predicted octanol–water partition coefficient (Wildman–Crippen LogP) is 2.49. The zero-order valence-corrected chi connectivity index (χ0v) is 22.2. The molecule has 3 aromatic rings. The van der Waals surface area contributed by atoms with Crippen molar-refractivity contribution in [3.63, 3.8) is 0 Å². The normalized spacial score (nSPS) is 14.5. The van der Waals surface area contributed by atoms with Crippen molar-refractivity contribution in [2.45, 2.75) is 26.8 Å². The minimum absolute atomic E-state index is 0.0973. The maximum Gasteiger partial charge on any atom is 0.317 e. The number of pyridine rings is 1. The first kappa shape index (κ1) is 26.1. The number of anilines is 3. The van der Waals surface area contributed by atoms with E-state index in [1.165, 1.54) is 0 Å². The lowest BCUT2D eigenvalue weighted by Crippen LogP contribution is -2.52. The number of urea groups is 1. The van der Waals surface area contributed by atoms with Gasteiger partial charge in [0.2, 0.25) is 11.8 Å². The van der Waals surface area contributed by atoms with Gasteiger partial charge in [-0.3, -0.25) is 5.10 Å². The van der Waals surface area contributed by atoms with Crippen molar-refractivity contribution in [3.8, 4) is 5.88 Å². The van der Waals surface area contributed by atoms with E-state index in [-0.39, 0.29) is 12.1 Å². The second-order valence-electron chi connectivity index (χ2n) is 9.48. The van der Waals surface area contributed by atoms with E-state index >= 15 is 0 Å². The number of rotatable bonds is 9. The molecule has 1 unspecified atom stereocenters. The smallest absolute Gasteiger partial charge is 0.317 e. The molecule has 0 spiro atoms. The molecule has 0 saturated carbocycles. The molecule has 0 aliphatic carbocycles. The SMILES string of the molecule is Cc1cc(Nc2cc(C)[nH]n2)nc(N2CCN(C(=O)NC(C)c3ccc(OCCN(C)C)nc3)CC2)n1. The third-order valence-corrected chi connectivity index (χ3v) is 6.04. The van der Waals surface area contributed by atoms with E-state index in [9.17, 15) is 4.79 Å². The molecule has 1 aliphatic heterocycles. The summed E-state index contributed by atoms with van der Waals surface area (Å²) in [6, 6.07) is 7.31. The van der Waals surface area contributed by atoms with Gasteiger partial charge in [-0.1, -0.05) is 6.07 Å². The fourth-order valence-corrected chi connectivity index (χ4v) is 3.91. The molecule has 1 atom stereocenters. The summed E-state index contributed by atoms with van der Waals surface area (Å²) in [7, 11) is 4.00. The Hall–Kier alpha value is -3.93. The predicted molar refractivity (Wildman–Crippen MR) is 142 cm³/mol. The Morgan fingerprint density at radius 3 is 2.57 bits per heavy atom. The summed E-state index contributed by atoms with van der Waals surface area (Å²) < 4.78 is 5.65. The molecule has 37 heavy (non-hydrogen) atoms. The van der Waals surface area contributed by atoms with Gasteiger partial charge in [0.05, 0.1) is 6.04 Å². The van der Waals surface area contributed by atoms with Gasteiger partial charge in [-0.25, -0.2) is 14.8 Å². The van der Waals surface area contributed by atoms with Gasteiger partial charge in [0.25, 0.3) is 0 Å². The first-order chi connectivity index (χ1) is 17.8. The van der Waals surface area contributed by atoms with Crippen LogP contribution in [0.1, 0.15) is 29.9 Å². The van der Waals surface area contributed by atoms with Crippen molar-refractivity contribution in [3.05, 3.63) is 47.4 Å². The van der Waals surface area contributed by atoms with Crippen LogP contribution in [-0.2, 0) is 0 Å². The van der Waals surface area contributed by atoms with E-state index in [0.29, 0.717) is 56.2 Å². The van der Waals surface area contributed by atoms with Crippen LogP contribution in [0.5, 0.6) is 5.88 Å². The zero-order valence-electron chi connectivity index (χ0n) is 22.2. The van der Waals surface area contributed by atoms with Gasteiger partial charge < -0.3 is 30.1 Å². The second-order valence-corrected chi connectivity index (χ2v) is 9.48. The van der Waals surface area contributed by atoms with Crippen molar-refractivity contribution < 1.29 is 9.53 Å². The zero-order chi connectivity index (χ0) is 26.4. The minimum atomic E-state index is -0.173. The van der Waals surface area contributed by atoms with Gasteiger partial charge in [0, 0.05) is 68.5 Å². The van der Waals surface area contributed by atoms with Gasteiger partial charge >= 0.3 is 6.03 Å². The van der Waals surface area contributed by atoms with Crippen LogP contribution in [0, 0.1) is 13.8 Å². The number of nitrogens with zero attached hydrogens (tertiary/aromatic N) is 7. The van der Waals surface area contributed by atoms with E-state index in [0.717, 1.165) is 23.5 Å². The highest BCUT2D eigenvalue weighted by Gasteiger charge is 2.24. The highest BCUT2D eigenvalue weighted by Crippen LogP contribution is 2.20. The molecule has 0 radical (unpaired) electrons. The van der Waals surface area contributed by atoms with Crippen LogP contribution in [0.25, 0.3) is 0 Å². The number of H-pyrrole nitrogens is 1. The number of hydrogen-bond acceptors (Lipinski definition) is 9. The number of aromatic amines is 1. The van der Waals surface area contributed by atoms with Crippen LogP contribution in [0.4, 0.5) is 22.4 Å².